The first kappa shape index (κ1) is 25.6. The SMILES string of the molecule is COCCOC(=O)C1C(C)=NC2=C(C(=O)C[C@@H](c3ccc(OC)c(OC)c3)C2)[C@@H]1c1ccccc1F. The fourth-order valence-electron chi connectivity index (χ4n) is 5.09. The Labute approximate surface area is 209 Å². The second-order valence-corrected chi connectivity index (χ2v) is 8.89. The van der Waals surface area contributed by atoms with E-state index in [9.17, 15) is 9.59 Å². The van der Waals surface area contributed by atoms with Gasteiger partial charge in [0.1, 0.15) is 18.3 Å². The molecule has 1 unspecified atom stereocenters. The molecular formula is C28H30FNO6. The molecular weight excluding hydrogens is 465 g/mol. The van der Waals surface area contributed by atoms with E-state index >= 15 is 4.39 Å². The van der Waals surface area contributed by atoms with Gasteiger partial charge in [0.2, 0.25) is 0 Å². The molecule has 1 heterocycles. The van der Waals surface area contributed by atoms with Crippen LogP contribution in [-0.2, 0) is 19.1 Å². The number of hydrogen-bond acceptors (Lipinski definition) is 7. The van der Waals surface area contributed by atoms with E-state index in [1.54, 1.807) is 39.3 Å². The number of allylic oxidation sites excluding steroid dienone is 2. The highest BCUT2D eigenvalue weighted by atomic mass is 19.1. The smallest absolute Gasteiger partial charge is 0.315 e. The van der Waals surface area contributed by atoms with Gasteiger partial charge in [-0.2, -0.15) is 0 Å². The molecule has 3 atom stereocenters. The van der Waals surface area contributed by atoms with Crippen molar-refractivity contribution in [1.82, 2.24) is 0 Å². The van der Waals surface area contributed by atoms with E-state index in [4.69, 9.17) is 23.9 Å². The molecule has 8 heteroatoms. The Morgan fingerprint density at radius 3 is 2.47 bits per heavy atom. The maximum atomic E-state index is 15.1. The molecule has 0 aromatic heterocycles. The topological polar surface area (TPSA) is 83.4 Å². The van der Waals surface area contributed by atoms with E-state index < -0.39 is 23.6 Å². The van der Waals surface area contributed by atoms with Crippen molar-refractivity contribution in [1.29, 1.82) is 0 Å². The van der Waals surface area contributed by atoms with Crippen LogP contribution >= 0.6 is 0 Å². The Morgan fingerprint density at radius 2 is 1.78 bits per heavy atom. The first-order valence-electron chi connectivity index (χ1n) is 11.8. The number of rotatable bonds is 8. The van der Waals surface area contributed by atoms with Gasteiger partial charge in [0.15, 0.2) is 17.3 Å². The third kappa shape index (κ3) is 4.91. The molecule has 0 saturated heterocycles. The Bertz CT molecular complexity index is 1220. The molecule has 0 bridgehead atoms. The quantitative estimate of drug-likeness (QED) is 0.393. The van der Waals surface area contributed by atoms with Crippen molar-refractivity contribution >= 4 is 17.5 Å². The minimum Gasteiger partial charge on any atom is -0.493 e. The van der Waals surface area contributed by atoms with Crippen molar-refractivity contribution in [2.24, 2.45) is 10.9 Å². The van der Waals surface area contributed by atoms with Gasteiger partial charge < -0.3 is 18.9 Å². The van der Waals surface area contributed by atoms with E-state index in [1.807, 2.05) is 18.2 Å². The number of methoxy groups -OCH3 is 3. The standard InChI is InChI=1S/C28H30FNO6/c1-16-25(28(32)36-12-11-33-2)26(19-7-5-6-8-20(19)29)27-21(30-16)13-18(14-22(27)31)17-9-10-23(34-3)24(15-17)35-4/h5-10,15,18,25-26H,11-14H2,1-4H3/t18-,25?,26+/m0/s1. The van der Waals surface area contributed by atoms with E-state index in [0.717, 1.165) is 5.56 Å². The van der Waals surface area contributed by atoms with Gasteiger partial charge in [-0.1, -0.05) is 24.3 Å². The van der Waals surface area contributed by atoms with Crippen LogP contribution in [0.3, 0.4) is 0 Å². The molecule has 2 aliphatic rings. The molecule has 4 rings (SSSR count). The summed E-state index contributed by atoms with van der Waals surface area (Å²) < 4.78 is 36.2. The maximum Gasteiger partial charge on any atom is 0.315 e. The number of ether oxygens (including phenoxy) is 4. The monoisotopic (exact) mass is 495 g/mol. The molecule has 1 aliphatic heterocycles. The van der Waals surface area contributed by atoms with Crippen molar-refractivity contribution < 1.29 is 32.9 Å². The average Bonchev–Trinajstić information content (AvgIpc) is 2.87. The number of esters is 1. The lowest BCUT2D eigenvalue weighted by Gasteiger charge is -2.36. The van der Waals surface area contributed by atoms with Gasteiger partial charge >= 0.3 is 5.97 Å². The highest BCUT2D eigenvalue weighted by Gasteiger charge is 2.45. The van der Waals surface area contributed by atoms with E-state index in [0.29, 0.717) is 34.9 Å². The van der Waals surface area contributed by atoms with Gasteiger partial charge in [-0.05, 0) is 48.6 Å². The average molecular weight is 496 g/mol. The van der Waals surface area contributed by atoms with Crippen LogP contribution in [0.15, 0.2) is 58.7 Å². The van der Waals surface area contributed by atoms with Crippen LogP contribution < -0.4 is 9.47 Å². The summed E-state index contributed by atoms with van der Waals surface area (Å²) >= 11 is 0. The van der Waals surface area contributed by atoms with Crippen LogP contribution in [0.5, 0.6) is 11.5 Å². The number of carbonyl (C=O) groups excluding carboxylic acids is 2. The zero-order chi connectivity index (χ0) is 25.8. The molecule has 36 heavy (non-hydrogen) atoms. The summed E-state index contributed by atoms with van der Waals surface area (Å²) in [5.74, 6) is -1.87. The van der Waals surface area contributed by atoms with Crippen molar-refractivity contribution in [2.75, 3.05) is 34.5 Å². The molecule has 190 valence electrons. The first-order chi connectivity index (χ1) is 17.4. The molecule has 2 aromatic carbocycles. The molecule has 0 spiro atoms. The summed E-state index contributed by atoms with van der Waals surface area (Å²) in [5, 5.41) is 0. The van der Waals surface area contributed by atoms with Gasteiger partial charge in [-0.15, -0.1) is 0 Å². The number of hydrogen-bond donors (Lipinski definition) is 0. The zero-order valence-electron chi connectivity index (χ0n) is 20.9. The molecule has 0 N–H and O–H groups in total. The van der Waals surface area contributed by atoms with Crippen molar-refractivity contribution in [3.63, 3.8) is 0 Å². The highest BCUT2D eigenvalue weighted by Crippen LogP contribution is 2.48. The second kappa shape index (κ2) is 11.0. The fourth-order valence-corrected chi connectivity index (χ4v) is 5.09. The molecule has 2 aromatic rings. The van der Waals surface area contributed by atoms with Gasteiger partial charge in [0.25, 0.3) is 0 Å². The molecule has 0 saturated carbocycles. The third-order valence-electron chi connectivity index (χ3n) is 6.79. The Balaban J connectivity index is 1.75. The number of aliphatic imine (C=N–C) groups is 1. The molecule has 0 amide bonds. The number of ketones is 1. The Kier molecular flexibility index (Phi) is 7.84. The molecule has 1 aliphatic carbocycles. The Hall–Kier alpha value is -3.52. The van der Waals surface area contributed by atoms with Crippen LogP contribution in [-0.4, -0.2) is 52.0 Å². The summed E-state index contributed by atoms with van der Waals surface area (Å²) in [6.45, 7) is 2.02. The van der Waals surface area contributed by atoms with E-state index in [2.05, 4.69) is 0 Å². The van der Waals surface area contributed by atoms with Gasteiger partial charge in [-0.25, -0.2) is 4.39 Å². The highest BCUT2D eigenvalue weighted by molar-refractivity contribution is 6.09. The predicted molar refractivity (Wildman–Crippen MR) is 132 cm³/mol. The minimum atomic E-state index is -0.904. The number of Topliss-reactive ketones (excluding diaryl/α,β-unsaturated/α-hetero) is 1. The fraction of sp³-hybridized carbons (Fsp3) is 0.393. The van der Waals surface area contributed by atoms with Crippen LogP contribution in [0.25, 0.3) is 0 Å². The van der Waals surface area contributed by atoms with Crippen LogP contribution in [0.2, 0.25) is 0 Å². The minimum absolute atomic E-state index is 0.0599. The molecule has 0 fully saturated rings. The Morgan fingerprint density at radius 1 is 1.03 bits per heavy atom. The van der Waals surface area contributed by atoms with Gasteiger partial charge in [0.05, 0.1) is 20.8 Å². The summed E-state index contributed by atoms with van der Waals surface area (Å²) in [7, 11) is 4.64. The molecule has 0 radical (unpaired) electrons. The summed E-state index contributed by atoms with van der Waals surface area (Å²) in [5.41, 5.74) is 2.66. The van der Waals surface area contributed by atoms with Crippen LogP contribution in [0, 0.1) is 11.7 Å². The van der Waals surface area contributed by atoms with Gasteiger partial charge in [0, 0.05) is 36.4 Å². The normalized spacial score (nSPS) is 21.5. The summed E-state index contributed by atoms with van der Waals surface area (Å²) in [4.78, 5) is 31.5. The number of halogens is 1. The zero-order valence-corrected chi connectivity index (χ0v) is 20.9. The summed E-state index contributed by atoms with van der Waals surface area (Å²) in [6, 6.07) is 11.8. The lowest BCUT2D eigenvalue weighted by atomic mass is 9.69. The van der Waals surface area contributed by atoms with Crippen molar-refractivity contribution in [2.45, 2.75) is 31.6 Å². The largest absolute Gasteiger partial charge is 0.493 e. The maximum absolute atomic E-state index is 15.1. The van der Waals surface area contributed by atoms with Crippen LogP contribution in [0.1, 0.15) is 42.7 Å². The van der Waals surface area contributed by atoms with Crippen LogP contribution in [0.4, 0.5) is 4.39 Å². The number of nitrogens with zero attached hydrogens (tertiary/aromatic N) is 1. The predicted octanol–water partition coefficient (Wildman–Crippen LogP) is 4.61. The number of benzene rings is 2. The van der Waals surface area contributed by atoms with E-state index in [1.165, 1.54) is 13.2 Å². The van der Waals surface area contributed by atoms with E-state index in [-0.39, 0.29) is 36.9 Å². The molecule has 7 nitrogen and oxygen atoms in total. The third-order valence-corrected chi connectivity index (χ3v) is 6.79. The summed E-state index contributed by atoms with van der Waals surface area (Å²) in [6.07, 6.45) is 0.684. The lowest BCUT2D eigenvalue weighted by molar-refractivity contribution is -0.147. The van der Waals surface area contributed by atoms with Crippen molar-refractivity contribution in [3.05, 3.63) is 70.7 Å². The number of carbonyl (C=O) groups is 2. The first-order valence-corrected chi connectivity index (χ1v) is 11.8. The second-order valence-electron chi connectivity index (χ2n) is 8.89. The van der Waals surface area contributed by atoms with Gasteiger partial charge in [-0.3, -0.25) is 14.6 Å². The van der Waals surface area contributed by atoms with Crippen molar-refractivity contribution in [3.8, 4) is 11.5 Å². The lowest BCUT2D eigenvalue weighted by Crippen LogP contribution is -2.38.